The Labute approximate surface area is 213 Å². The van der Waals surface area contributed by atoms with Gasteiger partial charge in [-0.3, -0.25) is 4.57 Å². The number of rotatable bonds is 5. The van der Waals surface area contributed by atoms with Crippen LogP contribution >= 0.6 is 0 Å². The molecule has 0 atom stereocenters. The summed E-state index contributed by atoms with van der Waals surface area (Å²) in [7, 11) is -2.87. The maximum absolute atomic E-state index is 14.0. The summed E-state index contributed by atoms with van der Waals surface area (Å²) in [6, 6.07) is 7.26. The van der Waals surface area contributed by atoms with Gasteiger partial charge in [-0.1, -0.05) is 0 Å². The third-order valence-electron chi connectivity index (χ3n) is 5.99. The largest absolute Gasteiger partial charge is 0.495 e. The van der Waals surface area contributed by atoms with Gasteiger partial charge in [0.15, 0.2) is 0 Å². The van der Waals surface area contributed by atoms with Crippen molar-refractivity contribution in [2.45, 2.75) is 42.7 Å². The van der Waals surface area contributed by atoms with E-state index >= 15 is 0 Å². The van der Waals surface area contributed by atoms with Crippen LogP contribution in [-0.4, -0.2) is 62.9 Å². The molecule has 1 fully saturated rings. The first-order valence-electron chi connectivity index (χ1n) is 11.6. The van der Waals surface area contributed by atoms with E-state index in [2.05, 4.69) is 0 Å². The molecular weight excluding hydrogens is 511 g/mol. The Bertz CT molecular complexity index is 1430. The summed E-state index contributed by atoms with van der Waals surface area (Å²) in [6.45, 7) is 3.79. The first kappa shape index (κ1) is 26.6. The zero-order valence-electron chi connectivity index (χ0n) is 20.9. The molecule has 0 bridgehead atoms. The van der Waals surface area contributed by atoms with Crippen LogP contribution in [0.15, 0.2) is 52.4 Å². The van der Waals surface area contributed by atoms with E-state index in [0.29, 0.717) is 42.2 Å². The number of benzene rings is 2. The van der Waals surface area contributed by atoms with Gasteiger partial charge in [-0.2, -0.15) is 8.78 Å². The molecule has 3 aromatic rings. The Kier molecular flexibility index (Phi) is 7.06. The van der Waals surface area contributed by atoms with E-state index in [1.54, 1.807) is 25.7 Å². The number of ether oxygens (including phenoxy) is 2. The highest BCUT2D eigenvalue weighted by atomic mass is 32.2. The van der Waals surface area contributed by atoms with Crippen molar-refractivity contribution in [2.75, 3.05) is 38.2 Å². The van der Waals surface area contributed by atoms with Crippen LogP contribution < -0.4 is 9.64 Å². The number of amides is 1. The fraction of sp³-hybridized carbons (Fsp3) is 0.400. The smallest absolute Gasteiger partial charge is 0.410 e. The highest BCUT2D eigenvalue weighted by molar-refractivity contribution is 7.91. The topological polar surface area (TPSA) is 81.1 Å². The number of anilines is 1. The summed E-state index contributed by atoms with van der Waals surface area (Å²) in [5.74, 6) is -0.333. The van der Waals surface area contributed by atoms with Gasteiger partial charge in [-0.15, -0.1) is 0 Å². The standard InChI is InChI=1S/C25H28F3N3O5S/c1-25(2,3)36-24(32)30-11-9-29(10-12-30)20-14-17(6-8-21(20)35-4)37(33,34)22-15-31(23(27)28)19-7-5-16(26)13-18(19)22/h5-8,13-15,23H,9-12H2,1-4H3. The Morgan fingerprint density at radius 3 is 2.30 bits per heavy atom. The van der Waals surface area contributed by atoms with Gasteiger partial charge < -0.3 is 19.3 Å². The number of sulfone groups is 1. The Morgan fingerprint density at radius 1 is 1.03 bits per heavy atom. The lowest BCUT2D eigenvalue weighted by molar-refractivity contribution is 0.0240. The van der Waals surface area contributed by atoms with Gasteiger partial charge in [0.2, 0.25) is 9.84 Å². The molecule has 37 heavy (non-hydrogen) atoms. The summed E-state index contributed by atoms with van der Waals surface area (Å²) >= 11 is 0. The van der Waals surface area contributed by atoms with Crippen LogP contribution in [0.5, 0.6) is 5.75 Å². The molecule has 0 spiro atoms. The number of aromatic nitrogens is 1. The molecule has 1 aliphatic rings. The summed E-state index contributed by atoms with van der Waals surface area (Å²) in [6.07, 6.45) is 0.395. The van der Waals surface area contributed by atoms with Crippen molar-refractivity contribution in [3.8, 4) is 5.75 Å². The molecule has 1 aromatic heterocycles. The van der Waals surface area contributed by atoms with E-state index in [9.17, 15) is 26.4 Å². The molecular formula is C25H28F3N3O5S. The maximum Gasteiger partial charge on any atom is 0.410 e. The van der Waals surface area contributed by atoms with Crippen molar-refractivity contribution < 1.29 is 35.9 Å². The van der Waals surface area contributed by atoms with Crippen LogP contribution in [0.2, 0.25) is 0 Å². The molecule has 0 radical (unpaired) electrons. The SMILES string of the molecule is COc1ccc(S(=O)(=O)c2cn(C(F)F)c3ccc(F)cc23)cc1N1CCN(C(=O)OC(C)(C)C)CC1. The molecule has 0 N–H and O–H groups in total. The highest BCUT2D eigenvalue weighted by Gasteiger charge is 2.30. The number of piperazine rings is 1. The second-order valence-corrected chi connectivity index (χ2v) is 11.5. The van der Waals surface area contributed by atoms with Gasteiger partial charge in [-0.25, -0.2) is 17.6 Å². The van der Waals surface area contributed by atoms with Crippen LogP contribution in [0, 0.1) is 5.82 Å². The van der Waals surface area contributed by atoms with Gasteiger partial charge in [0.25, 0.3) is 0 Å². The molecule has 0 saturated carbocycles. The predicted octanol–water partition coefficient (Wildman–Crippen LogP) is 5.07. The molecule has 2 aromatic carbocycles. The molecule has 1 amide bonds. The number of carbonyl (C=O) groups excluding carboxylic acids is 1. The minimum atomic E-state index is -4.31. The number of fused-ring (bicyclic) bond motifs is 1. The van der Waals surface area contributed by atoms with E-state index in [1.807, 2.05) is 4.90 Å². The van der Waals surface area contributed by atoms with E-state index < -0.39 is 38.8 Å². The number of halogens is 3. The van der Waals surface area contributed by atoms with Crippen molar-refractivity contribution >= 4 is 32.5 Å². The quantitative estimate of drug-likeness (QED) is 0.450. The number of hydrogen-bond donors (Lipinski definition) is 0. The van der Waals surface area contributed by atoms with Crippen molar-refractivity contribution in [1.29, 1.82) is 0 Å². The molecule has 1 saturated heterocycles. The summed E-state index contributed by atoms with van der Waals surface area (Å²) in [5.41, 5.74) is -0.255. The molecule has 2 heterocycles. The normalized spacial score (nSPS) is 14.9. The van der Waals surface area contributed by atoms with Gasteiger partial charge in [0, 0.05) is 37.8 Å². The van der Waals surface area contributed by atoms with Crippen LogP contribution in [0.4, 0.5) is 23.7 Å². The van der Waals surface area contributed by atoms with Crippen molar-refractivity contribution in [2.24, 2.45) is 0 Å². The monoisotopic (exact) mass is 539 g/mol. The Balaban J connectivity index is 1.67. The molecule has 200 valence electrons. The minimum absolute atomic E-state index is 0.0954. The van der Waals surface area contributed by atoms with Gasteiger partial charge in [-0.05, 0) is 57.2 Å². The third-order valence-corrected chi connectivity index (χ3v) is 7.77. The zero-order valence-corrected chi connectivity index (χ0v) is 21.7. The first-order chi connectivity index (χ1) is 17.3. The second-order valence-electron chi connectivity index (χ2n) is 9.63. The van der Waals surface area contributed by atoms with Crippen molar-refractivity contribution in [1.82, 2.24) is 9.47 Å². The summed E-state index contributed by atoms with van der Waals surface area (Å²) in [4.78, 5) is 15.3. The summed E-state index contributed by atoms with van der Waals surface area (Å²) in [5, 5.41) is -0.136. The van der Waals surface area contributed by atoms with Crippen LogP contribution in [0.1, 0.15) is 27.3 Å². The predicted molar refractivity (Wildman–Crippen MR) is 132 cm³/mol. The van der Waals surface area contributed by atoms with Crippen LogP contribution in [0.25, 0.3) is 10.9 Å². The fourth-order valence-electron chi connectivity index (χ4n) is 4.24. The van der Waals surface area contributed by atoms with E-state index in [1.165, 1.54) is 25.3 Å². The molecule has 0 aliphatic carbocycles. The molecule has 12 heteroatoms. The fourth-order valence-corrected chi connectivity index (χ4v) is 5.71. The molecule has 1 aliphatic heterocycles. The highest BCUT2D eigenvalue weighted by Crippen LogP contribution is 2.37. The van der Waals surface area contributed by atoms with Crippen molar-refractivity contribution in [3.63, 3.8) is 0 Å². The molecule has 8 nitrogen and oxygen atoms in total. The number of hydrogen-bond acceptors (Lipinski definition) is 6. The van der Waals surface area contributed by atoms with Crippen LogP contribution in [-0.2, 0) is 14.6 Å². The number of nitrogens with zero attached hydrogens (tertiary/aromatic N) is 3. The van der Waals surface area contributed by atoms with E-state index in [4.69, 9.17) is 9.47 Å². The Morgan fingerprint density at radius 2 is 1.70 bits per heavy atom. The van der Waals surface area contributed by atoms with E-state index in [-0.39, 0.29) is 15.8 Å². The average molecular weight is 540 g/mol. The zero-order chi connectivity index (χ0) is 27.1. The lowest BCUT2D eigenvalue weighted by Gasteiger charge is -2.37. The van der Waals surface area contributed by atoms with Gasteiger partial charge in [0.1, 0.15) is 17.2 Å². The number of carbonyl (C=O) groups is 1. The Hall–Kier alpha value is -3.41. The number of methoxy groups -OCH3 is 1. The lowest BCUT2D eigenvalue weighted by Crippen LogP contribution is -2.50. The average Bonchev–Trinajstić information content (AvgIpc) is 3.22. The van der Waals surface area contributed by atoms with Gasteiger partial charge >= 0.3 is 12.6 Å². The summed E-state index contributed by atoms with van der Waals surface area (Å²) < 4.78 is 79.7. The van der Waals surface area contributed by atoms with Gasteiger partial charge in [0.05, 0.1) is 28.1 Å². The van der Waals surface area contributed by atoms with Crippen molar-refractivity contribution in [3.05, 3.63) is 48.4 Å². The number of alkyl halides is 2. The molecule has 4 rings (SSSR count). The lowest BCUT2D eigenvalue weighted by atomic mass is 10.2. The molecule has 0 unspecified atom stereocenters. The first-order valence-corrected chi connectivity index (χ1v) is 13.0. The maximum atomic E-state index is 14.0. The van der Waals surface area contributed by atoms with Crippen LogP contribution in [0.3, 0.4) is 0 Å². The third kappa shape index (κ3) is 5.34. The van der Waals surface area contributed by atoms with E-state index in [0.717, 1.165) is 24.4 Å². The minimum Gasteiger partial charge on any atom is -0.495 e. The second kappa shape index (κ2) is 9.81.